The van der Waals surface area contributed by atoms with E-state index in [1.165, 1.54) is 0 Å². The highest BCUT2D eigenvalue weighted by atomic mass is 35.5. The van der Waals surface area contributed by atoms with Crippen LogP contribution in [0.2, 0.25) is 0 Å². The Morgan fingerprint density at radius 1 is 0.750 bits per heavy atom. The molecule has 3 aromatic carbocycles. The largest absolute Gasteiger partial charge is 0.497 e. The fourth-order valence-corrected chi connectivity index (χ4v) is 5.03. The number of halogens is 1. The minimum absolute atomic E-state index is 0. The summed E-state index contributed by atoms with van der Waals surface area (Å²) in [6.07, 6.45) is 0.732. The van der Waals surface area contributed by atoms with Crippen LogP contribution in [-0.2, 0) is 6.42 Å². The van der Waals surface area contributed by atoms with E-state index < -0.39 is 0 Å². The highest BCUT2D eigenvalue weighted by molar-refractivity contribution is 5.99. The Morgan fingerprint density at radius 3 is 2.00 bits per heavy atom. The maximum Gasteiger partial charge on any atom is 0.203 e. The standard InChI is InChI=1S/C28H28N2O5.ClH/c1-31-17-6-8-19-15(10-17)11-21(16-12-23(33-3)27(35-5)24(13-16)34-4)25-22-14-18(32-2)7-9-20(22)28(29)30-26(19)25;/h6-10,12-14,21H,11H2,1-5H3,(H2,29,30);1H. The van der Waals surface area contributed by atoms with Crippen LogP contribution in [0.4, 0.5) is 5.82 Å². The molecule has 1 heterocycles. The van der Waals surface area contributed by atoms with Gasteiger partial charge in [0.1, 0.15) is 17.3 Å². The van der Waals surface area contributed by atoms with Crippen molar-refractivity contribution in [1.29, 1.82) is 0 Å². The van der Waals surface area contributed by atoms with Gasteiger partial charge >= 0.3 is 0 Å². The van der Waals surface area contributed by atoms with Crippen molar-refractivity contribution >= 4 is 29.0 Å². The smallest absolute Gasteiger partial charge is 0.203 e. The Bertz CT molecular complexity index is 1410. The molecule has 1 aliphatic carbocycles. The summed E-state index contributed by atoms with van der Waals surface area (Å²) in [6.45, 7) is 0. The van der Waals surface area contributed by atoms with Crippen LogP contribution in [-0.4, -0.2) is 40.5 Å². The monoisotopic (exact) mass is 508 g/mol. The predicted octanol–water partition coefficient (Wildman–Crippen LogP) is 5.64. The van der Waals surface area contributed by atoms with Gasteiger partial charge < -0.3 is 29.4 Å². The molecule has 0 saturated carbocycles. The molecule has 188 valence electrons. The number of rotatable bonds is 6. The van der Waals surface area contributed by atoms with Gasteiger partial charge in [0.25, 0.3) is 0 Å². The summed E-state index contributed by atoms with van der Waals surface area (Å²) in [5.41, 5.74) is 11.6. The predicted molar refractivity (Wildman–Crippen MR) is 144 cm³/mol. The molecule has 5 rings (SSSR count). The van der Waals surface area contributed by atoms with Gasteiger partial charge in [0, 0.05) is 16.9 Å². The number of ether oxygens (including phenoxy) is 5. The zero-order valence-corrected chi connectivity index (χ0v) is 21.7. The maximum absolute atomic E-state index is 6.47. The summed E-state index contributed by atoms with van der Waals surface area (Å²) in [5.74, 6) is 3.74. The molecule has 7 nitrogen and oxygen atoms in total. The molecule has 1 atom stereocenters. The molecular formula is C28H29ClN2O5. The van der Waals surface area contributed by atoms with E-state index in [4.69, 9.17) is 34.4 Å². The zero-order valence-electron chi connectivity index (χ0n) is 20.9. The lowest BCUT2D eigenvalue weighted by Gasteiger charge is -2.30. The average molecular weight is 509 g/mol. The van der Waals surface area contributed by atoms with Crippen LogP contribution in [0.3, 0.4) is 0 Å². The van der Waals surface area contributed by atoms with Crippen molar-refractivity contribution in [2.24, 2.45) is 0 Å². The average Bonchev–Trinajstić information content (AvgIpc) is 2.90. The number of nitrogens with zero attached hydrogens (tertiary/aromatic N) is 1. The third-order valence-corrected chi connectivity index (χ3v) is 6.71. The van der Waals surface area contributed by atoms with Crippen LogP contribution in [0, 0.1) is 0 Å². The summed E-state index contributed by atoms with van der Waals surface area (Å²) < 4.78 is 28.0. The van der Waals surface area contributed by atoms with E-state index in [0.717, 1.165) is 56.6 Å². The number of nitrogens with two attached hydrogens (primary N) is 1. The lowest BCUT2D eigenvalue weighted by atomic mass is 9.75. The van der Waals surface area contributed by atoms with Crippen molar-refractivity contribution in [2.75, 3.05) is 41.3 Å². The topological polar surface area (TPSA) is 85.1 Å². The lowest BCUT2D eigenvalue weighted by Crippen LogP contribution is -2.16. The number of aromatic nitrogens is 1. The molecule has 1 unspecified atom stereocenters. The van der Waals surface area contributed by atoms with E-state index in [1.807, 2.05) is 36.4 Å². The van der Waals surface area contributed by atoms with Crippen LogP contribution < -0.4 is 29.4 Å². The minimum Gasteiger partial charge on any atom is -0.497 e. The van der Waals surface area contributed by atoms with Crippen molar-refractivity contribution in [3.05, 3.63) is 65.2 Å². The van der Waals surface area contributed by atoms with Gasteiger partial charge in [-0.15, -0.1) is 12.4 Å². The molecule has 0 amide bonds. The third kappa shape index (κ3) is 3.99. The molecule has 2 N–H and O–H groups in total. The van der Waals surface area contributed by atoms with Gasteiger partial charge in [-0.1, -0.05) is 0 Å². The molecule has 1 aliphatic rings. The van der Waals surface area contributed by atoms with Crippen molar-refractivity contribution in [3.63, 3.8) is 0 Å². The quantitative estimate of drug-likeness (QED) is 0.361. The second-order valence-corrected chi connectivity index (χ2v) is 8.41. The molecule has 0 aliphatic heterocycles. The van der Waals surface area contributed by atoms with Crippen molar-refractivity contribution in [2.45, 2.75) is 12.3 Å². The molecule has 0 saturated heterocycles. The van der Waals surface area contributed by atoms with Gasteiger partial charge in [-0.2, -0.15) is 0 Å². The fourth-order valence-electron chi connectivity index (χ4n) is 5.03. The lowest BCUT2D eigenvalue weighted by molar-refractivity contribution is 0.323. The molecular weight excluding hydrogens is 480 g/mol. The van der Waals surface area contributed by atoms with E-state index in [1.54, 1.807) is 35.5 Å². The first-order valence-electron chi connectivity index (χ1n) is 11.3. The second-order valence-electron chi connectivity index (χ2n) is 8.41. The molecule has 8 heteroatoms. The number of nitrogen functional groups attached to an aromatic ring is 1. The summed E-state index contributed by atoms with van der Waals surface area (Å²) in [6, 6.07) is 16.0. The summed E-state index contributed by atoms with van der Waals surface area (Å²) in [7, 11) is 8.18. The summed E-state index contributed by atoms with van der Waals surface area (Å²) >= 11 is 0. The van der Waals surface area contributed by atoms with Crippen LogP contribution in [0.15, 0.2) is 48.5 Å². The summed E-state index contributed by atoms with van der Waals surface area (Å²) in [4.78, 5) is 4.90. The Hall–Kier alpha value is -3.84. The first-order chi connectivity index (χ1) is 17.0. The Labute approximate surface area is 216 Å². The van der Waals surface area contributed by atoms with Crippen LogP contribution in [0.25, 0.3) is 22.0 Å². The normalized spacial score (nSPS) is 13.8. The van der Waals surface area contributed by atoms with Gasteiger partial charge in [0.2, 0.25) is 5.75 Å². The molecule has 1 aromatic heterocycles. The Kier molecular flexibility index (Phi) is 7.04. The molecule has 0 radical (unpaired) electrons. The van der Waals surface area contributed by atoms with Crippen molar-refractivity contribution in [3.8, 4) is 40.0 Å². The van der Waals surface area contributed by atoms with Crippen LogP contribution >= 0.6 is 12.4 Å². The van der Waals surface area contributed by atoms with Gasteiger partial charge in [-0.25, -0.2) is 4.98 Å². The molecule has 36 heavy (non-hydrogen) atoms. The number of methoxy groups -OCH3 is 5. The SMILES string of the molecule is COc1ccc2c(c1)CC(c1cc(OC)c(OC)c(OC)c1)c1c-2nc(N)c2ccc(OC)cc12.Cl. The van der Waals surface area contributed by atoms with Gasteiger partial charge in [-0.05, 0) is 77.0 Å². The van der Waals surface area contributed by atoms with Crippen LogP contribution in [0.5, 0.6) is 28.7 Å². The molecule has 4 aromatic rings. The van der Waals surface area contributed by atoms with E-state index in [-0.39, 0.29) is 18.3 Å². The number of hydrogen-bond acceptors (Lipinski definition) is 7. The highest BCUT2D eigenvalue weighted by Crippen LogP contribution is 2.49. The van der Waals surface area contributed by atoms with E-state index in [9.17, 15) is 0 Å². The third-order valence-electron chi connectivity index (χ3n) is 6.71. The van der Waals surface area contributed by atoms with Crippen molar-refractivity contribution < 1.29 is 23.7 Å². The molecule has 0 bridgehead atoms. The van der Waals surface area contributed by atoms with E-state index in [0.29, 0.717) is 23.1 Å². The molecule has 0 fully saturated rings. The minimum atomic E-state index is -0.0546. The number of pyridine rings is 1. The van der Waals surface area contributed by atoms with E-state index >= 15 is 0 Å². The molecule has 0 spiro atoms. The number of anilines is 1. The first kappa shape index (κ1) is 25.3. The number of benzene rings is 3. The van der Waals surface area contributed by atoms with Gasteiger partial charge in [0.05, 0.1) is 41.2 Å². The van der Waals surface area contributed by atoms with E-state index in [2.05, 4.69) is 12.1 Å². The summed E-state index contributed by atoms with van der Waals surface area (Å²) in [5, 5.41) is 1.89. The highest BCUT2D eigenvalue weighted by Gasteiger charge is 2.32. The second kappa shape index (κ2) is 10.0. The van der Waals surface area contributed by atoms with Gasteiger partial charge in [0.15, 0.2) is 11.5 Å². The van der Waals surface area contributed by atoms with Gasteiger partial charge in [-0.3, -0.25) is 0 Å². The Balaban J connectivity index is 0.00000304. The fraction of sp³-hybridized carbons (Fsp3) is 0.250. The first-order valence-corrected chi connectivity index (χ1v) is 11.3. The van der Waals surface area contributed by atoms with Crippen LogP contribution in [0.1, 0.15) is 22.6 Å². The Morgan fingerprint density at radius 2 is 1.39 bits per heavy atom. The zero-order chi connectivity index (χ0) is 24.7. The van der Waals surface area contributed by atoms with Crippen molar-refractivity contribution in [1.82, 2.24) is 4.98 Å². The number of hydrogen-bond donors (Lipinski definition) is 1. The number of fused-ring (bicyclic) bond motifs is 5. The maximum atomic E-state index is 6.47.